The van der Waals surface area contributed by atoms with Crippen LogP contribution < -0.4 is 5.73 Å². The van der Waals surface area contributed by atoms with E-state index in [0.717, 1.165) is 11.1 Å². The number of benzene rings is 1. The van der Waals surface area contributed by atoms with Gasteiger partial charge in [-0.25, -0.2) is 4.79 Å². The molecule has 0 radical (unpaired) electrons. The first kappa shape index (κ1) is 11.6. The van der Waals surface area contributed by atoms with Crippen molar-refractivity contribution in [1.82, 2.24) is 0 Å². The zero-order valence-electron chi connectivity index (χ0n) is 9.51. The van der Waals surface area contributed by atoms with Crippen LogP contribution in [-0.4, -0.2) is 28.9 Å². The number of aryl methyl sites for hydroxylation is 1. The third kappa shape index (κ3) is 2.01. The van der Waals surface area contributed by atoms with Crippen LogP contribution in [0.25, 0.3) is 0 Å². The first-order valence-electron chi connectivity index (χ1n) is 5.33. The molecule has 1 atom stereocenters. The fourth-order valence-electron chi connectivity index (χ4n) is 1.69. The summed E-state index contributed by atoms with van der Waals surface area (Å²) in [6.45, 7) is 1.89. The van der Waals surface area contributed by atoms with E-state index in [1.54, 1.807) is 0 Å². The topological polar surface area (TPSA) is 84.9 Å². The Kier molecular flexibility index (Phi) is 2.85. The molecule has 1 aromatic carbocycles. The molecule has 5 nitrogen and oxygen atoms in total. The van der Waals surface area contributed by atoms with Crippen LogP contribution in [0.5, 0.6) is 0 Å². The monoisotopic (exact) mass is 234 g/mol. The molecule has 2 rings (SSSR count). The van der Waals surface area contributed by atoms with Gasteiger partial charge < -0.3 is 15.7 Å². The molecule has 3 N–H and O–H groups in total. The van der Waals surface area contributed by atoms with Crippen molar-refractivity contribution in [3.05, 3.63) is 35.4 Å². The van der Waals surface area contributed by atoms with Crippen molar-refractivity contribution in [1.29, 1.82) is 0 Å². The van der Waals surface area contributed by atoms with Gasteiger partial charge in [0.25, 0.3) is 5.60 Å². The smallest absolute Gasteiger partial charge is 0.352 e. The maximum absolute atomic E-state index is 11.1. The molecule has 1 aromatic rings. The van der Waals surface area contributed by atoms with Crippen molar-refractivity contribution in [2.45, 2.75) is 18.9 Å². The van der Waals surface area contributed by atoms with E-state index in [4.69, 9.17) is 15.7 Å². The Morgan fingerprint density at radius 2 is 2.18 bits per heavy atom. The summed E-state index contributed by atoms with van der Waals surface area (Å²) in [5.41, 5.74) is 6.68. The molecular weight excluding hydrogens is 220 g/mol. The number of nitrogens with two attached hydrogens (primary N) is 1. The predicted octanol–water partition coefficient (Wildman–Crippen LogP) is 0.902. The van der Waals surface area contributed by atoms with E-state index in [9.17, 15) is 4.79 Å². The number of nitrogens with zero attached hydrogens (tertiary/aromatic N) is 1. The maximum atomic E-state index is 11.1. The molecule has 0 aliphatic carbocycles. The van der Waals surface area contributed by atoms with Gasteiger partial charge >= 0.3 is 5.97 Å². The Hall–Kier alpha value is -1.88. The van der Waals surface area contributed by atoms with Crippen LogP contribution in [0, 0.1) is 6.92 Å². The van der Waals surface area contributed by atoms with Crippen molar-refractivity contribution in [3.8, 4) is 0 Å². The van der Waals surface area contributed by atoms with Crippen molar-refractivity contribution in [2.24, 2.45) is 10.9 Å². The zero-order valence-corrected chi connectivity index (χ0v) is 9.51. The molecule has 0 spiro atoms. The van der Waals surface area contributed by atoms with E-state index in [0.29, 0.717) is 5.71 Å². The van der Waals surface area contributed by atoms with Gasteiger partial charge in [-0.2, -0.15) is 0 Å². The molecule has 0 saturated carbocycles. The second kappa shape index (κ2) is 4.18. The molecule has 0 fully saturated rings. The summed E-state index contributed by atoms with van der Waals surface area (Å²) >= 11 is 0. The Bertz CT molecular complexity index is 467. The first-order valence-corrected chi connectivity index (χ1v) is 5.33. The minimum absolute atomic E-state index is 0.0960. The molecule has 1 unspecified atom stereocenters. The quantitative estimate of drug-likeness (QED) is 0.813. The van der Waals surface area contributed by atoms with Crippen LogP contribution in [0.4, 0.5) is 0 Å². The molecule has 5 heteroatoms. The van der Waals surface area contributed by atoms with Crippen LogP contribution in [0.1, 0.15) is 17.5 Å². The van der Waals surface area contributed by atoms with Gasteiger partial charge in [-0.1, -0.05) is 35.0 Å². The number of carboxylic acids is 1. The van der Waals surface area contributed by atoms with Crippen LogP contribution in [-0.2, 0) is 9.63 Å². The van der Waals surface area contributed by atoms with Gasteiger partial charge in [-0.05, 0) is 12.5 Å². The lowest BCUT2D eigenvalue weighted by molar-refractivity contribution is -0.161. The number of hydrogen-bond acceptors (Lipinski definition) is 4. The maximum Gasteiger partial charge on any atom is 0.352 e. The summed E-state index contributed by atoms with van der Waals surface area (Å²) in [6.07, 6.45) is 0.196. The molecule has 90 valence electrons. The van der Waals surface area contributed by atoms with E-state index in [1.807, 2.05) is 31.2 Å². The molecule has 0 bridgehead atoms. The summed E-state index contributed by atoms with van der Waals surface area (Å²) in [7, 11) is 0. The van der Waals surface area contributed by atoms with E-state index >= 15 is 0 Å². The number of rotatable bonds is 3. The highest BCUT2D eigenvalue weighted by Crippen LogP contribution is 2.26. The fraction of sp³-hybridized carbons (Fsp3) is 0.333. The Balaban J connectivity index is 2.22. The Morgan fingerprint density at radius 1 is 1.53 bits per heavy atom. The number of carboxylic acid groups (broad SMARTS) is 1. The fourth-order valence-corrected chi connectivity index (χ4v) is 1.69. The zero-order chi connectivity index (χ0) is 12.5. The molecule has 0 aromatic heterocycles. The number of aliphatic carboxylic acids is 1. The minimum atomic E-state index is -1.40. The minimum Gasteiger partial charge on any atom is -0.478 e. The molecule has 1 aliphatic rings. The Morgan fingerprint density at radius 3 is 2.65 bits per heavy atom. The average Bonchev–Trinajstić information content (AvgIpc) is 2.75. The third-order valence-electron chi connectivity index (χ3n) is 2.89. The van der Waals surface area contributed by atoms with E-state index in [2.05, 4.69) is 5.16 Å². The number of carbonyl (C=O) groups is 1. The highest BCUT2D eigenvalue weighted by Gasteiger charge is 2.45. The Labute approximate surface area is 98.9 Å². The van der Waals surface area contributed by atoms with Crippen LogP contribution in [0.2, 0.25) is 0 Å². The highest BCUT2D eigenvalue weighted by molar-refractivity contribution is 6.04. The van der Waals surface area contributed by atoms with Crippen molar-refractivity contribution in [3.63, 3.8) is 0 Å². The second-order valence-electron chi connectivity index (χ2n) is 4.18. The normalized spacial score (nSPS) is 23.1. The van der Waals surface area contributed by atoms with Crippen molar-refractivity contribution < 1.29 is 14.7 Å². The van der Waals surface area contributed by atoms with E-state index in [-0.39, 0.29) is 13.0 Å². The number of oxime groups is 1. The SMILES string of the molecule is Cc1ccc(C2=NOC(CN)(C(=O)O)C2)cc1. The standard InChI is InChI=1S/C12H14N2O3/c1-8-2-4-9(5-3-8)10-6-12(7-13,11(15)16)17-14-10/h2-5H,6-7,13H2,1H3,(H,15,16). The van der Waals surface area contributed by atoms with Crippen LogP contribution in [0.3, 0.4) is 0 Å². The summed E-state index contributed by atoms with van der Waals surface area (Å²) in [5.74, 6) is -1.08. The summed E-state index contributed by atoms with van der Waals surface area (Å²) in [4.78, 5) is 16.1. The average molecular weight is 234 g/mol. The summed E-state index contributed by atoms with van der Waals surface area (Å²) < 4.78 is 0. The molecular formula is C12H14N2O3. The lowest BCUT2D eigenvalue weighted by atomic mass is 9.94. The van der Waals surface area contributed by atoms with Gasteiger partial charge in [0, 0.05) is 13.0 Å². The van der Waals surface area contributed by atoms with E-state index in [1.165, 1.54) is 0 Å². The van der Waals surface area contributed by atoms with E-state index < -0.39 is 11.6 Å². The van der Waals surface area contributed by atoms with Crippen molar-refractivity contribution in [2.75, 3.05) is 6.54 Å². The summed E-state index contributed by atoms with van der Waals surface area (Å²) in [6, 6.07) is 7.68. The van der Waals surface area contributed by atoms with Gasteiger partial charge in [0.15, 0.2) is 0 Å². The molecule has 17 heavy (non-hydrogen) atoms. The third-order valence-corrected chi connectivity index (χ3v) is 2.89. The predicted molar refractivity (Wildman–Crippen MR) is 62.8 cm³/mol. The summed E-state index contributed by atoms with van der Waals surface area (Å²) in [5, 5.41) is 12.9. The van der Waals surface area contributed by atoms with Gasteiger partial charge in [0.2, 0.25) is 0 Å². The molecule has 1 heterocycles. The van der Waals surface area contributed by atoms with Crippen molar-refractivity contribution >= 4 is 11.7 Å². The lowest BCUT2D eigenvalue weighted by Gasteiger charge is -2.18. The van der Waals surface area contributed by atoms with Crippen LogP contribution >= 0.6 is 0 Å². The lowest BCUT2D eigenvalue weighted by Crippen LogP contribution is -2.45. The van der Waals surface area contributed by atoms with Crippen LogP contribution in [0.15, 0.2) is 29.4 Å². The van der Waals surface area contributed by atoms with Gasteiger partial charge in [0.05, 0.1) is 5.71 Å². The molecule has 0 amide bonds. The van der Waals surface area contributed by atoms with Gasteiger partial charge in [-0.3, -0.25) is 0 Å². The highest BCUT2D eigenvalue weighted by atomic mass is 16.7. The van der Waals surface area contributed by atoms with Gasteiger partial charge in [-0.15, -0.1) is 0 Å². The second-order valence-corrected chi connectivity index (χ2v) is 4.18. The van der Waals surface area contributed by atoms with Gasteiger partial charge in [0.1, 0.15) is 0 Å². The molecule has 0 saturated heterocycles. The first-order chi connectivity index (χ1) is 8.07. The largest absolute Gasteiger partial charge is 0.478 e. The number of hydrogen-bond donors (Lipinski definition) is 2. The molecule has 1 aliphatic heterocycles.